The van der Waals surface area contributed by atoms with Gasteiger partial charge in [0.15, 0.2) is 5.78 Å². The number of hydrogen-bond acceptors (Lipinski definition) is 2. The molecule has 152 valence electrons. The molecule has 0 atom stereocenters. The van der Waals surface area contributed by atoms with Crippen molar-refractivity contribution < 1.29 is 4.79 Å². The number of hydrogen-bond donors (Lipinski definition) is 0. The highest BCUT2D eigenvalue weighted by molar-refractivity contribution is 6.08. The molecule has 0 spiro atoms. The van der Waals surface area contributed by atoms with E-state index in [2.05, 4.69) is 65.6 Å². The van der Waals surface area contributed by atoms with Crippen molar-refractivity contribution in [2.24, 2.45) is 0 Å². The minimum Gasteiger partial charge on any atom is -0.362 e. The average molecular weight is 404 g/mol. The van der Waals surface area contributed by atoms with Crippen LogP contribution in [0.5, 0.6) is 0 Å². The van der Waals surface area contributed by atoms with E-state index < -0.39 is 0 Å². The van der Waals surface area contributed by atoms with Crippen molar-refractivity contribution in [2.45, 2.75) is 13.1 Å². The Morgan fingerprint density at radius 2 is 0.935 bits per heavy atom. The van der Waals surface area contributed by atoms with Crippen molar-refractivity contribution in [1.82, 2.24) is 4.90 Å². The zero-order chi connectivity index (χ0) is 21.3. The van der Waals surface area contributed by atoms with Gasteiger partial charge >= 0.3 is 0 Å². The second-order valence-corrected chi connectivity index (χ2v) is 7.45. The Hall–Kier alpha value is -3.91. The molecule has 0 bridgehead atoms. The van der Waals surface area contributed by atoms with Gasteiger partial charge in [0.1, 0.15) is 0 Å². The summed E-state index contributed by atoms with van der Waals surface area (Å²) in [5, 5.41) is 0. The number of benzene rings is 4. The molecule has 0 aliphatic rings. The number of carbonyl (C=O) groups is 1. The smallest absolute Gasteiger partial charge is 0.187 e. The standard InChI is InChI=1S/C29H25NO/c31-29(27-19-11-4-12-20-27)21-28(26-17-9-3-10-18-26)30(22-24-13-5-1-6-14-24)23-25-15-7-2-8-16-25/h1-21H,22-23H2/b28-21+. The molecule has 0 saturated carbocycles. The van der Waals surface area contributed by atoms with E-state index in [1.165, 1.54) is 11.1 Å². The van der Waals surface area contributed by atoms with Crippen molar-refractivity contribution in [3.8, 4) is 0 Å². The first kappa shape index (κ1) is 20.4. The Balaban J connectivity index is 1.76. The van der Waals surface area contributed by atoms with E-state index in [0.717, 1.165) is 11.3 Å². The Morgan fingerprint density at radius 1 is 0.548 bits per heavy atom. The highest BCUT2D eigenvalue weighted by Crippen LogP contribution is 2.25. The molecule has 0 saturated heterocycles. The average Bonchev–Trinajstić information content (AvgIpc) is 2.84. The molecular weight excluding hydrogens is 378 g/mol. The molecule has 0 amide bonds. The highest BCUT2D eigenvalue weighted by Gasteiger charge is 2.16. The van der Waals surface area contributed by atoms with Crippen LogP contribution in [-0.4, -0.2) is 10.7 Å². The van der Waals surface area contributed by atoms with E-state index in [0.29, 0.717) is 18.7 Å². The fourth-order valence-corrected chi connectivity index (χ4v) is 3.61. The van der Waals surface area contributed by atoms with Gasteiger partial charge in [0.2, 0.25) is 0 Å². The monoisotopic (exact) mass is 403 g/mol. The fraction of sp³-hybridized carbons (Fsp3) is 0.0690. The van der Waals surface area contributed by atoms with Crippen LogP contribution in [0.25, 0.3) is 5.70 Å². The maximum atomic E-state index is 13.1. The second kappa shape index (κ2) is 10.2. The van der Waals surface area contributed by atoms with Crippen molar-refractivity contribution in [2.75, 3.05) is 0 Å². The first-order chi connectivity index (χ1) is 15.3. The van der Waals surface area contributed by atoms with Crippen LogP contribution in [0.1, 0.15) is 27.0 Å². The van der Waals surface area contributed by atoms with Crippen molar-refractivity contribution >= 4 is 11.5 Å². The summed E-state index contributed by atoms with van der Waals surface area (Å²) in [4.78, 5) is 15.4. The van der Waals surface area contributed by atoms with Crippen LogP contribution in [0.15, 0.2) is 127 Å². The summed E-state index contributed by atoms with van der Waals surface area (Å²) in [7, 11) is 0. The predicted molar refractivity (Wildman–Crippen MR) is 127 cm³/mol. The maximum absolute atomic E-state index is 13.1. The topological polar surface area (TPSA) is 20.3 Å². The van der Waals surface area contributed by atoms with Crippen LogP contribution in [0.4, 0.5) is 0 Å². The summed E-state index contributed by atoms with van der Waals surface area (Å²) >= 11 is 0. The molecule has 0 aliphatic heterocycles. The molecule has 4 aromatic carbocycles. The normalized spacial score (nSPS) is 11.2. The molecule has 0 radical (unpaired) electrons. The fourth-order valence-electron chi connectivity index (χ4n) is 3.61. The number of allylic oxidation sites excluding steroid dienone is 1. The van der Waals surface area contributed by atoms with E-state index in [1.54, 1.807) is 6.08 Å². The summed E-state index contributed by atoms with van der Waals surface area (Å²) < 4.78 is 0. The van der Waals surface area contributed by atoms with E-state index in [9.17, 15) is 4.79 Å². The Labute approximate surface area is 184 Å². The van der Waals surface area contributed by atoms with Crippen LogP contribution in [0.2, 0.25) is 0 Å². The molecule has 0 unspecified atom stereocenters. The minimum atomic E-state index is 0.00516. The van der Waals surface area contributed by atoms with Crippen LogP contribution >= 0.6 is 0 Å². The molecule has 0 fully saturated rings. The molecule has 0 heterocycles. The number of carbonyl (C=O) groups excluding carboxylic acids is 1. The minimum absolute atomic E-state index is 0.00516. The van der Waals surface area contributed by atoms with Crippen molar-refractivity contribution in [3.05, 3.63) is 150 Å². The van der Waals surface area contributed by atoms with Gasteiger partial charge in [0.05, 0.1) is 0 Å². The first-order valence-electron chi connectivity index (χ1n) is 10.5. The summed E-state index contributed by atoms with van der Waals surface area (Å²) in [6.45, 7) is 1.41. The van der Waals surface area contributed by atoms with E-state index in [-0.39, 0.29) is 5.78 Å². The van der Waals surface area contributed by atoms with Gasteiger partial charge < -0.3 is 4.90 Å². The van der Waals surface area contributed by atoms with Gasteiger partial charge in [0.25, 0.3) is 0 Å². The van der Waals surface area contributed by atoms with E-state index in [1.807, 2.05) is 60.7 Å². The van der Waals surface area contributed by atoms with Crippen molar-refractivity contribution in [1.29, 1.82) is 0 Å². The van der Waals surface area contributed by atoms with Gasteiger partial charge in [-0.05, 0) is 16.7 Å². The van der Waals surface area contributed by atoms with Gasteiger partial charge in [-0.15, -0.1) is 0 Å². The maximum Gasteiger partial charge on any atom is 0.187 e. The molecule has 4 aromatic rings. The van der Waals surface area contributed by atoms with Crippen LogP contribution < -0.4 is 0 Å². The van der Waals surface area contributed by atoms with E-state index >= 15 is 0 Å². The zero-order valence-corrected chi connectivity index (χ0v) is 17.4. The lowest BCUT2D eigenvalue weighted by Crippen LogP contribution is -2.22. The SMILES string of the molecule is O=C(/C=C(\c1ccccc1)N(Cc1ccccc1)Cc1ccccc1)c1ccccc1. The third-order valence-electron chi connectivity index (χ3n) is 5.17. The molecule has 0 aromatic heterocycles. The Kier molecular flexibility index (Phi) is 6.71. The first-order valence-corrected chi connectivity index (χ1v) is 10.5. The second-order valence-electron chi connectivity index (χ2n) is 7.45. The molecule has 2 heteroatoms. The van der Waals surface area contributed by atoms with E-state index in [4.69, 9.17) is 0 Å². The summed E-state index contributed by atoms with van der Waals surface area (Å²) in [5.41, 5.74) is 5.04. The Morgan fingerprint density at radius 3 is 1.39 bits per heavy atom. The van der Waals surface area contributed by atoms with Gasteiger partial charge in [-0.3, -0.25) is 4.79 Å². The van der Waals surface area contributed by atoms with Gasteiger partial charge in [-0.1, -0.05) is 121 Å². The van der Waals surface area contributed by atoms with Crippen LogP contribution in [-0.2, 0) is 13.1 Å². The molecule has 2 nitrogen and oxygen atoms in total. The van der Waals surface area contributed by atoms with Gasteiger partial charge in [0, 0.05) is 30.4 Å². The third-order valence-corrected chi connectivity index (χ3v) is 5.17. The quantitative estimate of drug-likeness (QED) is 0.244. The molecule has 0 aliphatic carbocycles. The highest BCUT2D eigenvalue weighted by atomic mass is 16.1. The van der Waals surface area contributed by atoms with Gasteiger partial charge in [-0.2, -0.15) is 0 Å². The number of nitrogens with zero attached hydrogens (tertiary/aromatic N) is 1. The molecule has 31 heavy (non-hydrogen) atoms. The van der Waals surface area contributed by atoms with Crippen LogP contribution in [0, 0.1) is 0 Å². The molecule has 0 N–H and O–H groups in total. The van der Waals surface area contributed by atoms with Crippen LogP contribution in [0.3, 0.4) is 0 Å². The molecular formula is C29H25NO. The lowest BCUT2D eigenvalue weighted by atomic mass is 10.0. The summed E-state index contributed by atoms with van der Waals surface area (Å²) in [5.74, 6) is 0.00516. The lowest BCUT2D eigenvalue weighted by Gasteiger charge is -2.28. The predicted octanol–water partition coefficient (Wildman–Crippen LogP) is 6.61. The number of rotatable bonds is 8. The number of ketones is 1. The zero-order valence-electron chi connectivity index (χ0n) is 17.4. The summed E-state index contributed by atoms with van der Waals surface area (Å²) in [6.07, 6.45) is 1.77. The lowest BCUT2D eigenvalue weighted by molar-refractivity contribution is 0.104. The van der Waals surface area contributed by atoms with Crippen molar-refractivity contribution in [3.63, 3.8) is 0 Å². The molecule has 4 rings (SSSR count). The summed E-state index contributed by atoms with van der Waals surface area (Å²) in [6, 6.07) is 40.4. The third kappa shape index (κ3) is 5.58. The largest absolute Gasteiger partial charge is 0.362 e. The van der Waals surface area contributed by atoms with Gasteiger partial charge in [-0.25, -0.2) is 0 Å². The Bertz CT molecular complexity index is 1080.